The summed E-state index contributed by atoms with van der Waals surface area (Å²) in [5.74, 6) is 17.1. The van der Waals surface area contributed by atoms with Crippen molar-refractivity contribution >= 4 is 0 Å². The molecule has 0 saturated heterocycles. The maximum atomic E-state index is 2.53. The maximum Gasteiger partial charge on any atom is -0.0194 e. The lowest BCUT2D eigenvalue weighted by molar-refractivity contribution is 0.206. The van der Waals surface area contributed by atoms with E-state index < -0.39 is 0 Å². The highest BCUT2D eigenvalue weighted by atomic mass is 14.6. The average Bonchev–Trinajstić information content (AvgIpc) is 4.38. The standard InChI is InChI=1S/C12H16.C11H16.C10H14.C7H10.C6H10.C5H8.12C2H6/c1-2-8-5-7(1)11-9-3-4-10(6-9)12(8)11;1-2-4-11-9-6-5-8(7-9)10(11)3-1;1-2-9-7-4-5-8(6-7)10(9)3-1;1-2-7-4-3-6(1)5-7;1-2-4-6-5-3-1;1-2-4-5-3-1;12*1-2/h1-2,7-12H,3-6H2;5-6,8-11H,1-4,7H2;4-5,7-10H,1-3,6H2;1-2,6-7H,3-5H2;1-2H,3-6H2;1-2H,3-5H2;12*1-2H3. The molecule has 446 valence electrons. The lowest BCUT2D eigenvalue weighted by Crippen LogP contribution is -2.25. The molecule has 14 aliphatic carbocycles. The lowest BCUT2D eigenvalue weighted by atomic mass is 9.73. The Morgan fingerprint density at radius 1 is 0.213 bits per heavy atom. The van der Waals surface area contributed by atoms with E-state index in [-0.39, 0.29) is 0 Å². The van der Waals surface area contributed by atoms with Crippen molar-refractivity contribution in [2.45, 2.75) is 314 Å². The Hall–Kier alpha value is -1.56. The Morgan fingerprint density at radius 2 is 0.480 bits per heavy atom. The molecule has 8 fully saturated rings. The summed E-state index contributed by atoms with van der Waals surface area (Å²) in [5, 5.41) is 0. The third kappa shape index (κ3) is 26.5. The Kier molecular flexibility index (Phi) is 59.4. The molecule has 0 spiro atoms. The van der Waals surface area contributed by atoms with E-state index in [1.54, 1.807) is 19.3 Å². The van der Waals surface area contributed by atoms with Crippen LogP contribution in [0.25, 0.3) is 0 Å². The Balaban J connectivity index is -0.000000379. The SMILES string of the molecule is C1=CC2CC1C1C3CCC(C3)C21.C1=CC2CC1C1CCCC21.C1=CC2CC1C1CCCCC21.C1=CC2CCC1C2.C1=CCCC1.C1=CCCCC1.CC.CC.CC.CC.CC.CC.CC.CC.CC.CC.CC.CC. The second kappa shape index (κ2) is 55.7. The van der Waals surface area contributed by atoms with Gasteiger partial charge in [-0.2, -0.15) is 0 Å². The summed E-state index contributed by atoms with van der Waals surface area (Å²) in [4.78, 5) is 0. The summed E-state index contributed by atoms with van der Waals surface area (Å²) >= 11 is 0. The predicted molar refractivity (Wildman–Crippen MR) is 353 cm³/mol. The Bertz CT molecular complexity index is 1230. The normalized spacial score (nSPS) is 33.9. The van der Waals surface area contributed by atoms with Crippen LogP contribution < -0.4 is 0 Å². The molecule has 0 nitrogen and oxygen atoms in total. The van der Waals surface area contributed by atoms with Crippen LogP contribution in [-0.4, -0.2) is 0 Å². The van der Waals surface area contributed by atoms with E-state index >= 15 is 0 Å². The smallest absolute Gasteiger partial charge is 0.0194 e. The van der Waals surface area contributed by atoms with E-state index in [1.807, 2.05) is 166 Å². The van der Waals surface area contributed by atoms with Crippen LogP contribution in [0.15, 0.2) is 72.9 Å². The van der Waals surface area contributed by atoms with Gasteiger partial charge in [-0.15, -0.1) is 0 Å². The number of hydrogen-bond donors (Lipinski definition) is 0. The molecule has 0 aromatic carbocycles. The first-order chi connectivity index (χ1) is 37.3. The lowest BCUT2D eigenvalue weighted by Gasteiger charge is -2.32. The Morgan fingerprint density at radius 3 is 0.720 bits per heavy atom. The molecule has 14 rings (SSSR count). The van der Waals surface area contributed by atoms with Crippen LogP contribution in [0, 0.1) is 94.7 Å². The monoisotopic (exact) mass is 1050 g/mol. The summed E-state index contributed by atoms with van der Waals surface area (Å²) in [6.07, 6.45) is 62.7. The minimum absolute atomic E-state index is 0.991. The van der Waals surface area contributed by atoms with Gasteiger partial charge in [-0.05, 0) is 223 Å². The van der Waals surface area contributed by atoms with E-state index in [0.717, 1.165) is 94.7 Å². The van der Waals surface area contributed by atoms with Crippen molar-refractivity contribution in [3.63, 3.8) is 0 Å². The zero-order valence-corrected chi connectivity index (χ0v) is 56.4. The van der Waals surface area contributed by atoms with E-state index in [1.165, 1.54) is 128 Å². The molecule has 0 aromatic rings. The van der Waals surface area contributed by atoms with Gasteiger partial charge in [-0.25, -0.2) is 0 Å². The molecule has 0 heteroatoms. The summed E-state index contributed by atoms with van der Waals surface area (Å²) in [6.45, 7) is 48.0. The predicted octanol–water partition coefficient (Wildman–Crippen LogP) is 26.6. The van der Waals surface area contributed by atoms with E-state index in [9.17, 15) is 0 Å². The van der Waals surface area contributed by atoms with E-state index in [4.69, 9.17) is 0 Å². The molecule has 0 aliphatic heterocycles. The summed E-state index contributed by atoms with van der Waals surface area (Å²) < 4.78 is 0. The largest absolute Gasteiger partial charge is 0.0885 e. The van der Waals surface area contributed by atoms with Crippen LogP contribution >= 0.6 is 0 Å². The molecule has 16 atom stereocenters. The van der Waals surface area contributed by atoms with Crippen LogP contribution in [0.2, 0.25) is 0 Å². The van der Waals surface area contributed by atoms with E-state index in [2.05, 4.69) is 72.9 Å². The zero-order chi connectivity index (χ0) is 58.0. The minimum Gasteiger partial charge on any atom is -0.0885 e. The van der Waals surface area contributed by atoms with Crippen molar-refractivity contribution in [3.8, 4) is 0 Å². The zero-order valence-electron chi connectivity index (χ0n) is 56.4. The van der Waals surface area contributed by atoms with Crippen molar-refractivity contribution in [1.82, 2.24) is 0 Å². The Labute approximate surface area is 479 Å². The first kappa shape index (κ1) is 79.9. The molecule has 14 aliphatic rings. The summed E-state index contributed by atoms with van der Waals surface area (Å²) in [6, 6.07) is 0. The molecule has 0 aromatic heterocycles. The highest BCUT2D eigenvalue weighted by Crippen LogP contribution is 2.65. The summed E-state index contributed by atoms with van der Waals surface area (Å²) in [7, 11) is 0. The molecule has 75 heavy (non-hydrogen) atoms. The molecule has 0 amide bonds. The van der Waals surface area contributed by atoms with Gasteiger partial charge in [0.05, 0.1) is 0 Å². The first-order valence-electron chi connectivity index (χ1n) is 35.3. The van der Waals surface area contributed by atoms with Gasteiger partial charge in [-0.3, -0.25) is 0 Å². The van der Waals surface area contributed by atoms with Crippen molar-refractivity contribution in [2.24, 2.45) is 94.7 Å². The molecular formula is C75H146. The van der Waals surface area contributed by atoms with Crippen LogP contribution in [0.5, 0.6) is 0 Å². The molecule has 10 bridgehead atoms. The molecule has 0 radical (unpaired) electrons. The van der Waals surface area contributed by atoms with Crippen LogP contribution in [0.3, 0.4) is 0 Å². The molecule has 8 saturated carbocycles. The topological polar surface area (TPSA) is 0 Å². The van der Waals surface area contributed by atoms with Crippen molar-refractivity contribution in [1.29, 1.82) is 0 Å². The van der Waals surface area contributed by atoms with Gasteiger partial charge < -0.3 is 0 Å². The van der Waals surface area contributed by atoms with Gasteiger partial charge in [0, 0.05) is 0 Å². The fourth-order valence-electron chi connectivity index (χ4n) is 15.2. The third-order valence-corrected chi connectivity index (χ3v) is 17.4. The van der Waals surface area contributed by atoms with Crippen LogP contribution in [0.1, 0.15) is 314 Å². The quantitative estimate of drug-likeness (QED) is 0.168. The fraction of sp³-hybridized carbons (Fsp3) is 0.840. The summed E-state index contributed by atoms with van der Waals surface area (Å²) in [5.41, 5.74) is 0. The fourth-order valence-corrected chi connectivity index (χ4v) is 15.2. The maximum absolute atomic E-state index is 2.53. The first-order valence-corrected chi connectivity index (χ1v) is 35.3. The molecule has 0 N–H and O–H groups in total. The number of fused-ring (bicyclic) bond motifs is 21. The highest BCUT2D eigenvalue weighted by molar-refractivity contribution is 5.20. The van der Waals surface area contributed by atoms with Crippen molar-refractivity contribution < 1.29 is 0 Å². The van der Waals surface area contributed by atoms with Crippen LogP contribution in [-0.2, 0) is 0 Å². The molecule has 16 unspecified atom stereocenters. The van der Waals surface area contributed by atoms with Crippen molar-refractivity contribution in [2.75, 3.05) is 0 Å². The van der Waals surface area contributed by atoms with Crippen molar-refractivity contribution in [3.05, 3.63) is 72.9 Å². The number of hydrogen-bond acceptors (Lipinski definition) is 0. The van der Waals surface area contributed by atoms with Gasteiger partial charge in [0.1, 0.15) is 0 Å². The van der Waals surface area contributed by atoms with Crippen LogP contribution in [0.4, 0.5) is 0 Å². The number of allylic oxidation sites excluding steroid dienone is 12. The van der Waals surface area contributed by atoms with Gasteiger partial charge in [0.15, 0.2) is 0 Å². The van der Waals surface area contributed by atoms with Gasteiger partial charge >= 0.3 is 0 Å². The third-order valence-electron chi connectivity index (χ3n) is 17.4. The second-order valence-corrected chi connectivity index (χ2v) is 20.1. The van der Waals surface area contributed by atoms with Gasteiger partial charge in [-0.1, -0.05) is 258 Å². The van der Waals surface area contributed by atoms with E-state index in [0.29, 0.717) is 0 Å². The second-order valence-electron chi connectivity index (χ2n) is 20.1. The molecular weight excluding hydrogens is 901 g/mol. The number of rotatable bonds is 0. The molecule has 0 heterocycles. The average molecular weight is 1050 g/mol. The minimum atomic E-state index is 0.991. The van der Waals surface area contributed by atoms with Gasteiger partial charge in [0.2, 0.25) is 0 Å². The van der Waals surface area contributed by atoms with Gasteiger partial charge in [0.25, 0.3) is 0 Å². The highest BCUT2D eigenvalue weighted by Gasteiger charge is 2.57.